The number of unbranched alkanes of at least 4 members (excludes halogenated alkanes) is 13. The van der Waals surface area contributed by atoms with E-state index >= 15 is 0 Å². The van der Waals surface area contributed by atoms with Crippen molar-refractivity contribution in [2.45, 2.75) is 109 Å². The standard InChI is InChI=1S/C18H36ClNO/c1-2-3-4-5-6-7-8-9-10-11-12-13-14-15-16-17(19)18(20)21/h17H,2-16H2,1H3,(H2,20,21). The second-order valence-electron chi connectivity index (χ2n) is 6.25. The Balaban J connectivity index is 3.04. The number of amides is 1. The fraction of sp³-hybridized carbons (Fsp3) is 0.944. The molecule has 0 rings (SSSR count). The van der Waals surface area contributed by atoms with Gasteiger partial charge >= 0.3 is 0 Å². The maximum absolute atomic E-state index is 10.8. The van der Waals surface area contributed by atoms with Crippen LogP contribution >= 0.6 is 11.6 Å². The number of primary amides is 1. The SMILES string of the molecule is CCCCCCCCCCCCCCCCC(Cl)C(N)=O. The summed E-state index contributed by atoms with van der Waals surface area (Å²) in [6.45, 7) is 2.27. The minimum Gasteiger partial charge on any atom is -0.368 e. The van der Waals surface area contributed by atoms with Crippen LogP contribution in [0.1, 0.15) is 103 Å². The highest BCUT2D eigenvalue weighted by Crippen LogP contribution is 2.14. The zero-order chi connectivity index (χ0) is 15.8. The first kappa shape index (κ1) is 20.8. The van der Waals surface area contributed by atoms with Crippen molar-refractivity contribution in [3.63, 3.8) is 0 Å². The van der Waals surface area contributed by atoms with Crippen molar-refractivity contribution in [3.05, 3.63) is 0 Å². The molecule has 3 heteroatoms. The molecule has 0 heterocycles. The average Bonchev–Trinajstić information content (AvgIpc) is 2.47. The van der Waals surface area contributed by atoms with Gasteiger partial charge in [-0.25, -0.2) is 0 Å². The van der Waals surface area contributed by atoms with Crippen LogP contribution in [0.3, 0.4) is 0 Å². The molecule has 1 unspecified atom stereocenters. The van der Waals surface area contributed by atoms with Gasteiger partial charge in [0.1, 0.15) is 5.38 Å². The zero-order valence-electron chi connectivity index (χ0n) is 14.0. The average molecular weight is 318 g/mol. The molecule has 0 fully saturated rings. The van der Waals surface area contributed by atoms with Gasteiger partial charge in [-0.15, -0.1) is 11.6 Å². The number of hydrogen-bond acceptors (Lipinski definition) is 1. The van der Waals surface area contributed by atoms with Gasteiger partial charge in [0.25, 0.3) is 0 Å². The molecule has 0 bridgehead atoms. The lowest BCUT2D eigenvalue weighted by atomic mass is 10.0. The van der Waals surface area contributed by atoms with Crippen LogP contribution in [0.15, 0.2) is 0 Å². The van der Waals surface area contributed by atoms with Gasteiger partial charge in [0.15, 0.2) is 0 Å². The van der Waals surface area contributed by atoms with E-state index in [1.54, 1.807) is 0 Å². The van der Waals surface area contributed by atoms with Crippen LogP contribution in [0.2, 0.25) is 0 Å². The van der Waals surface area contributed by atoms with Gasteiger partial charge in [-0.2, -0.15) is 0 Å². The summed E-state index contributed by atoms with van der Waals surface area (Å²) in [5, 5.41) is -0.470. The third-order valence-corrected chi connectivity index (χ3v) is 4.55. The third kappa shape index (κ3) is 16.0. The van der Waals surface area contributed by atoms with Crippen LogP contribution in [0.5, 0.6) is 0 Å². The number of alkyl halides is 1. The minimum atomic E-state index is -0.470. The lowest BCUT2D eigenvalue weighted by molar-refractivity contribution is -0.117. The topological polar surface area (TPSA) is 43.1 Å². The van der Waals surface area contributed by atoms with Crippen molar-refractivity contribution in [2.24, 2.45) is 5.73 Å². The first-order chi connectivity index (χ1) is 10.2. The van der Waals surface area contributed by atoms with Crippen molar-refractivity contribution < 1.29 is 4.79 Å². The monoisotopic (exact) mass is 317 g/mol. The second kappa shape index (κ2) is 16.1. The molecule has 0 aromatic heterocycles. The number of carbonyl (C=O) groups excluding carboxylic acids is 1. The van der Waals surface area contributed by atoms with E-state index < -0.39 is 5.38 Å². The lowest BCUT2D eigenvalue weighted by Crippen LogP contribution is -2.23. The number of hydrogen-bond donors (Lipinski definition) is 1. The van der Waals surface area contributed by atoms with Crippen molar-refractivity contribution in [3.8, 4) is 0 Å². The molecule has 1 amide bonds. The van der Waals surface area contributed by atoms with E-state index in [0.29, 0.717) is 0 Å². The van der Waals surface area contributed by atoms with Crippen LogP contribution in [-0.4, -0.2) is 11.3 Å². The molecule has 2 nitrogen and oxygen atoms in total. The highest BCUT2D eigenvalue weighted by atomic mass is 35.5. The van der Waals surface area contributed by atoms with Crippen molar-refractivity contribution in [1.29, 1.82) is 0 Å². The van der Waals surface area contributed by atoms with Crippen LogP contribution in [0.4, 0.5) is 0 Å². The summed E-state index contributed by atoms with van der Waals surface area (Å²) in [5.74, 6) is -0.383. The van der Waals surface area contributed by atoms with Gasteiger partial charge < -0.3 is 5.73 Å². The molecule has 2 N–H and O–H groups in total. The molecule has 0 spiro atoms. The van der Waals surface area contributed by atoms with E-state index in [2.05, 4.69) is 6.92 Å². The maximum atomic E-state index is 10.8. The predicted molar refractivity (Wildman–Crippen MR) is 93.8 cm³/mol. The highest BCUT2D eigenvalue weighted by Gasteiger charge is 2.09. The Kier molecular flexibility index (Phi) is 16.0. The Morgan fingerprint density at radius 2 is 1.10 bits per heavy atom. The molecular formula is C18H36ClNO. The second-order valence-corrected chi connectivity index (χ2v) is 6.78. The van der Waals surface area contributed by atoms with E-state index in [9.17, 15) is 4.79 Å². The fourth-order valence-corrected chi connectivity index (χ4v) is 2.81. The van der Waals surface area contributed by atoms with Crippen LogP contribution in [0.25, 0.3) is 0 Å². The first-order valence-corrected chi connectivity index (χ1v) is 9.55. The van der Waals surface area contributed by atoms with E-state index in [1.165, 1.54) is 83.5 Å². The first-order valence-electron chi connectivity index (χ1n) is 9.12. The van der Waals surface area contributed by atoms with Crippen LogP contribution in [0, 0.1) is 0 Å². The van der Waals surface area contributed by atoms with Gasteiger partial charge in [0, 0.05) is 0 Å². The molecular weight excluding hydrogens is 282 g/mol. The summed E-state index contributed by atoms with van der Waals surface area (Å²) in [4.78, 5) is 10.8. The summed E-state index contributed by atoms with van der Waals surface area (Å²) in [6.07, 6.45) is 19.5. The van der Waals surface area contributed by atoms with Crippen molar-refractivity contribution in [2.75, 3.05) is 0 Å². The number of nitrogens with two attached hydrogens (primary N) is 1. The largest absolute Gasteiger partial charge is 0.368 e. The Hall–Kier alpha value is -0.240. The Morgan fingerprint density at radius 3 is 1.43 bits per heavy atom. The van der Waals surface area contributed by atoms with Crippen molar-refractivity contribution in [1.82, 2.24) is 0 Å². The molecule has 0 saturated heterocycles. The van der Waals surface area contributed by atoms with Gasteiger partial charge in [0.05, 0.1) is 0 Å². The number of halogens is 1. The summed E-state index contributed by atoms with van der Waals surface area (Å²) in [7, 11) is 0. The van der Waals surface area contributed by atoms with Crippen molar-refractivity contribution >= 4 is 17.5 Å². The minimum absolute atomic E-state index is 0.383. The molecule has 0 aliphatic heterocycles. The summed E-state index contributed by atoms with van der Waals surface area (Å²) >= 11 is 5.79. The molecule has 21 heavy (non-hydrogen) atoms. The number of carbonyl (C=O) groups is 1. The fourth-order valence-electron chi connectivity index (χ4n) is 2.66. The zero-order valence-corrected chi connectivity index (χ0v) is 14.8. The van der Waals surface area contributed by atoms with E-state index in [0.717, 1.165) is 12.8 Å². The number of rotatable bonds is 16. The molecule has 1 atom stereocenters. The van der Waals surface area contributed by atoms with Gasteiger partial charge in [-0.1, -0.05) is 96.8 Å². The smallest absolute Gasteiger partial charge is 0.235 e. The van der Waals surface area contributed by atoms with E-state index in [1.807, 2.05) is 0 Å². The van der Waals surface area contributed by atoms with Gasteiger partial charge in [-0.3, -0.25) is 4.79 Å². The molecule has 0 aliphatic rings. The molecule has 0 aromatic rings. The normalized spacial score (nSPS) is 12.5. The Bertz CT molecular complexity index is 233. The van der Waals surface area contributed by atoms with Crippen LogP contribution < -0.4 is 5.73 Å². The van der Waals surface area contributed by atoms with Crippen LogP contribution in [-0.2, 0) is 4.79 Å². The Labute approximate surface area is 137 Å². The molecule has 0 aromatic carbocycles. The Morgan fingerprint density at radius 1 is 0.762 bits per heavy atom. The van der Waals surface area contributed by atoms with Gasteiger partial charge in [-0.05, 0) is 6.42 Å². The highest BCUT2D eigenvalue weighted by molar-refractivity contribution is 6.30. The summed E-state index contributed by atoms with van der Waals surface area (Å²) < 4.78 is 0. The third-order valence-electron chi connectivity index (χ3n) is 4.12. The molecule has 126 valence electrons. The van der Waals surface area contributed by atoms with E-state index in [4.69, 9.17) is 17.3 Å². The quantitative estimate of drug-likeness (QED) is 0.277. The maximum Gasteiger partial charge on any atom is 0.235 e. The molecule has 0 radical (unpaired) electrons. The molecule has 0 aliphatic carbocycles. The molecule has 0 saturated carbocycles. The predicted octanol–water partition coefficient (Wildman–Crippen LogP) is 5.95. The lowest BCUT2D eigenvalue weighted by Gasteiger charge is -2.05. The summed E-state index contributed by atoms with van der Waals surface area (Å²) in [5.41, 5.74) is 5.12. The van der Waals surface area contributed by atoms with Gasteiger partial charge in [0.2, 0.25) is 5.91 Å². The van der Waals surface area contributed by atoms with E-state index in [-0.39, 0.29) is 5.91 Å². The summed E-state index contributed by atoms with van der Waals surface area (Å²) in [6, 6.07) is 0.